The Morgan fingerprint density at radius 3 is 2.54 bits per heavy atom. The van der Waals surface area contributed by atoms with Gasteiger partial charge in [-0.2, -0.15) is 5.10 Å². The second-order valence-corrected chi connectivity index (χ2v) is 5.34. The van der Waals surface area contributed by atoms with Gasteiger partial charge in [0.1, 0.15) is 24.1 Å². The highest BCUT2D eigenvalue weighted by Gasteiger charge is 2.16. The molecule has 1 unspecified atom stereocenters. The summed E-state index contributed by atoms with van der Waals surface area (Å²) in [6, 6.07) is 9.72. The first-order valence-corrected chi connectivity index (χ1v) is 7.28. The van der Waals surface area contributed by atoms with Crippen LogP contribution >= 0.6 is 0 Å². The Bertz CT molecular complexity index is 834. The average molecular weight is 331 g/mol. The molecule has 124 valence electrons. The Morgan fingerprint density at radius 2 is 1.83 bits per heavy atom. The minimum atomic E-state index is -1.10. The van der Waals surface area contributed by atoms with Crippen molar-refractivity contribution in [2.24, 2.45) is 0 Å². The summed E-state index contributed by atoms with van der Waals surface area (Å²) in [5.41, 5.74) is 1.41. The second-order valence-electron chi connectivity index (χ2n) is 5.34. The van der Waals surface area contributed by atoms with E-state index in [4.69, 9.17) is 5.11 Å². The van der Waals surface area contributed by atoms with Gasteiger partial charge in [0.25, 0.3) is 0 Å². The van der Waals surface area contributed by atoms with Crippen LogP contribution in [0, 0.1) is 11.6 Å². The van der Waals surface area contributed by atoms with Crippen LogP contribution in [0.1, 0.15) is 28.6 Å². The summed E-state index contributed by atoms with van der Waals surface area (Å²) in [4.78, 5) is 4.02. The molecular formula is C17H15F2N3O2. The minimum absolute atomic E-state index is 0.114. The Labute approximate surface area is 136 Å². The van der Waals surface area contributed by atoms with Gasteiger partial charge in [0, 0.05) is 5.56 Å². The number of aliphatic hydroxyl groups is 2. The standard InChI is InChI=1S/C17H15F2N3O2/c18-14-4-2-12(3-5-14)16(24)17-20-10-22(21-17)8-13-7-11(9-23)1-6-15(13)19/h1-7,10,16,23-24H,8-9H2. The van der Waals surface area contributed by atoms with Crippen LogP contribution in [0.4, 0.5) is 8.78 Å². The zero-order chi connectivity index (χ0) is 17.1. The zero-order valence-electron chi connectivity index (χ0n) is 12.6. The van der Waals surface area contributed by atoms with E-state index in [1.165, 1.54) is 47.4 Å². The Morgan fingerprint density at radius 1 is 1.08 bits per heavy atom. The van der Waals surface area contributed by atoms with Crippen molar-refractivity contribution in [3.63, 3.8) is 0 Å². The molecule has 3 rings (SSSR count). The lowest BCUT2D eigenvalue weighted by Crippen LogP contribution is -2.06. The highest BCUT2D eigenvalue weighted by Crippen LogP contribution is 2.19. The van der Waals surface area contributed by atoms with Crippen LogP contribution in [0.25, 0.3) is 0 Å². The predicted octanol–water partition coefficient (Wildman–Crippen LogP) is 2.18. The van der Waals surface area contributed by atoms with Crippen molar-refractivity contribution in [2.75, 3.05) is 0 Å². The van der Waals surface area contributed by atoms with Crippen LogP contribution in [-0.2, 0) is 13.2 Å². The van der Waals surface area contributed by atoms with Crippen molar-refractivity contribution in [3.8, 4) is 0 Å². The van der Waals surface area contributed by atoms with Crippen molar-refractivity contribution in [1.29, 1.82) is 0 Å². The van der Waals surface area contributed by atoms with E-state index in [1.807, 2.05) is 0 Å². The van der Waals surface area contributed by atoms with Crippen LogP contribution in [0.5, 0.6) is 0 Å². The first-order valence-electron chi connectivity index (χ1n) is 7.28. The molecule has 0 aliphatic carbocycles. The van der Waals surface area contributed by atoms with Gasteiger partial charge in [-0.15, -0.1) is 0 Å². The lowest BCUT2D eigenvalue weighted by atomic mass is 10.1. The number of halogens is 2. The number of aromatic nitrogens is 3. The van der Waals surface area contributed by atoms with Crippen LogP contribution in [0.3, 0.4) is 0 Å². The van der Waals surface area contributed by atoms with E-state index >= 15 is 0 Å². The molecule has 3 aromatic rings. The van der Waals surface area contributed by atoms with Crippen molar-refractivity contribution in [2.45, 2.75) is 19.3 Å². The van der Waals surface area contributed by atoms with Gasteiger partial charge in [0.2, 0.25) is 0 Å². The summed E-state index contributed by atoms with van der Waals surface area (Å²) in [6.07, 6.45) is 0.285. The third kappa shape index (κ3) is 3.47. The third-order valence-electron chi connectivity index (χ3n) is 3.61. The predicted molar refractivity (Wildman–Crippen MR) is 81.9 cm³/mol. The number of nitrogens with zero attached hydrogens (tertiary/aromatic N) is 3. The molecule has 0 amide bonds. The number of hydrogen-bond acceptors (Lipinski definition) is 4. The lowest BCUT2D eigenvalue weighted by molar-refractivity contribution is 0.209. The largest absolute Gasteiger partial charge is 0.392 e. The first kappa shape index (κ1) is 16.2. The maximum absolute atomic E-state index is 13.8. The van der Waals surface area contributed by atoms with E-state index in [2.05, 4.69) is 10.1 Å². The van der Waals surface area contributed by atoms with E-state index < -0.39 is 17.7 Å². The SMILES string of the molecule is OCc1ccc(F)c(Cn2cnc(C(O)c3ccc(F)cc3)n2)c1. The molecule has 2 aromatic carbocycles. The van der Waals surface area contributed by atoms with Gasteiger partial charge in [0.15, 0.2) is 5.82 Å². The zero-order valence-corrected chi connectivity index (χ0v) is 12.6. The fraction of sp³-hybridized carbons (Fsp3) is 0.176. The van der Waals surface area contributed by atoms with Crippen LogP contribution in [0.15, 0.2) is 48.8 Å². The molecule has 0 spiro atoms. The topological polar surface area (TPSA) is 71.2 Å². The number of rotatable bonds is 5. The normalized spacial score (nSPS) is 12.3. The summed E-state index contributed by atoms with van der Waals surface area (Å²) in [6.45, 7) is -0.0675. The maximum Gasteiger partial charge on any atom is 0.183 e. The molecule has 5 nitrogen and oxygen atoms in total. The molecule has 0 aliphatic heterocycles. The number of benzene rings is 2. The summed E-state index contributed by atoms with van der Waals surface area (Å²) in [7, 11) is 0. The third-order valence-corrected chi connectivity index (χ3v) is 3.61. The Kier molecular flexibility index (Phi) is 4.64. The van der Waals surface area contributed by atoms with E-state index in [-0.39, 0.29) is 19.0 Å². The summed E-state index contributed by atoms with van der Waals surface area (Å²) in [5, 5.41) is 23.5. The molecule has 2 N–H and O–H groups in total. The summed E-state index contributed by atoms with van der Waals surface area (Å²) in [5.74, 6) is -0.674. The highest BCUT2D eigenvalue weighted by molar-refractivity contribution is 5.25. The number of hydrogen-bond donors (Lipinski definition) is 2. The van der Waals surface area contributed by atoms with E-state index in [0.29, 0.717) is 16.7 Å². The van der Waals surface area contributed by atoms with Crippen molar-refractivity contribution in [1.82, 2.24) is 14.8 Å². The molecule has 7 heteroatoms. The van der Waals surface area contributed by atoms with Gasteiger partial charge >= 0.3 is 0 Å². The molecule has 0 aliphatic rings. The minimum Gasteiger partial charge on any atom is -0.392 e. The summed E-state index contributed by atoms with van der Waals surface area (Å²) < 4.78 is 28.2. The van der Waals surface area contributed by atoms with Gasteiger partial charge in [-0.1, -0.05) is 18.2 Å². The monoisotopic (exact) mass is 331 g/mol. The van der Waals surface area contributed by atoms with Gasteiger partial charge in [0.05, 0.1) is 13.2 Å². The smallest absolute Gasteiger partial charge is 0.183 e. The van der Waals surface area contributed by atoms with Gasteiger partial charge in [-0.3, -0.25) is 0 Å². The Hall–Kier alpha value is -2.64. The van der Waals surface area contributed by atoms with E-state index in [0.717, 1.165) is 0 Å². The molecule has 0 fully saturated rings. The van der Waals surface area contributed by atoms with Gasteiger partial charge in [-0.25, -0.2) is 18.4 Å². The van der Waals surface area contributed by atoms with Gasteiger partial charge < -0.3 is 10.2 Å². The molecule has 24 heavy (non-hydrogen) atoms. The second kappa shape index (κ2) is 6.86. The molecule has 1 atom stereocenters. The number of aliphatic hydroxyl groups excluding tert-OH is 2. The summed E-state index contributed by atoms with van der Waals surface area (Å²) >= 11 is 0. The molecule has 0 saturated heterocycles. The average Bonchev–Trinajstić information content (AvgIpc) is 3.05. The highest BCUT2D eigenvalue weighted by atomic mass is 19.1. The van der Waals surface area contributed by atoms with Crippen LogP contribution in [0.2, 0.25) is 0 Å². The fourth-order valence-corrected chi connectivity index (χ4v) is 2.33. The lowest BCUT2D eigenvalue weighted by Gasteiger charge is -2.07. The van der Waals surface area contributed by atoms with E-state index in [1.54, 1.807) is 6.07 Å². The quantitative estimate of drug-likeness (QED) is 0.752. The van der Waals surface area contributed by atoms with E-state index in [9.17, 15) is 13.9 Å². The van der Waals surface area contributed by atoms with Gasteiger partial charge in [-0.05, 0) is 35.4 Å². The van der Waals surface area contributed by atoms with Crippen molar-refractivity contribution < 1.29 is 19.0 Å². The molecule has 1 heterocycles. The first-order chi connectivity index (χ1) is 11.6. The molecule has 1 aromatic heterocycles. The molecule has 0 saturated carbocycles. The van der Waals surface area contributed by atoms with Crippen LogP contribution < -0.4 is 0 Å². The van der Waals surface area contributed by atoms with Crippen molar-refractivity contribution in [3.05, 3.63) is 82.9 Å². The molecule has 0 radical (unpaired) electrons. The van der Waals surface area contributed by atoms with Crippen LogP contribution in [-0.4, -0.2) is 25.0 Å². The molecule has 0 bridgehead atoms. The fourth-order valence-electron chi connectivity index (χ4n) is 2.33. The Balaban J connectivity index is 1.79. The van der Waals surface area contributed by atoms with Crippen molar-refractivity contribution >= 4 is 0 Å². The molecular weight excluding hydrogens is 316 g/mol. The maximum atomic E-state index is 13.8.